The summed E-state index contributed by atoms with van der Waals surface area (Å²) in [7, 11) is 0. The molecule has 3 aliphatic rings. The van der Waals surface area contributed by atoms with E-state index in [-0.39, 0.29) is 24.2 Å². The molecule has 3 heterocycles. The summed E-state index contributed by atoms with van der Waals surface area (Å²) in [5.41, 5.74) is 2.40. The fraction of sp³-hybridized carbons (Fsp3) is 0.600. The van der Waals surface area contributed by atoms with Crippen molar-refractivity contribution in [2.24, 2.45) is 11.8 Å². The van der Waals surface area contributed by atoms with Crippen LogP contribution in [0.2, 0.25) is 0 Å². The van der Waals surface area contributed by atoms with Gasteiger partial charge in [-0.3, -0.25) is 9.59 Å². The van der Waals surface area contributed by atoms with Crippen molar-refractivity contribution in [3.63, 3.8) is 0 Å². The first kappa shape index (κ1) is 17.3. The number of anilines is 1. The van der Waals surface area contributed by atoms with Gasteiger partial charge in [-0.05, 0) is 38.8 Å². The van der Waals surface area contributed by atoms with Gasteiger partial charge in [-0.2, -0.15) is 0 Å². The van der Waals surface area contributed by atoms with Gasteiger partial charge in [0.25, 0.3) is 0 Å². The van der Waals surface area contributed by atoms with E-state index in [1.807, 2.05) is 4.90 Å². The van der Waals surface area contributed by atoms with Gasteiger partial charge >= 0.3 is 5.97 Å². The quantitative estimate of drug-likeness (QED) is 0.894. The molecule has 3 fully saturated rings. The number of carbonyl (C=O) groups is 2. The van der Waals surface area contributed by atoms with Crippen LogP contribution in [0.3, 0.4) is 0 Å². The van der Waals surface area contributed by atoms with Crippen LogP contribution in [-0.2, 0) is 14.3 Å². The van der Waals surface area contributed by atoms with Crippen LogP contribution < -0.4 is 4.90 Å². The zero-order valence-electron chi connectivity index (χ0n) is 15.3. The molecule has 4 rings (SSSR count). The van der Waals surface area contributed by atoms with Gasteiger partial charge in [-0.25, -0.2) is 0 Å². The van der Waals surface area contributed by atoms with Crippen LogP contribution in [-0.4, -0.2) is 59.8 Å². The van der Waals surface area contributed by atoms with Gasteiger partial charge in [-0.15, -0.1) is 0 Å². The van der Waals surface area contributed by atoms with E-state index in [1.165, 1.54) is 11.3 Å². The Morgan fingerprint density at radius 1 is 1.08 bits per heavy atom. The summed E-state index contributed by atoms with van der Waals surface area (Å²) in [5.74, 6) is -2.15. The Morgan fingerprint density at radius 2 is 1.73 bits per heavy atom. The summed E-state index contributed by atoms with van der Waals surface area (Å²) < 4.78 is 5.76. The number of amides is 1. The molecule has 0 aliphatic carbocycles. The molecule has 0 aromatic heterocycles. The lowest BCUT2D eigenvalue weighted by atomic mass is 9.78. The molecule has 26 heavy (non-hydrogen) atoms. The summed E-state index contributed by atoms with van der Waals surface area (Å²) in [5, 5.41) is 9.56. The number of nitrogens with zero attached hydrogens (tertiary/aromatic N) is 2. The van der Waals surface area contributed by atoms with E-state index in [9.17, 15) is 14.7 Å². The number of aryl methyl sites for hydroxylation is 1. The minimum Gasteiger partial charge on any atom is -0.481 e. The molecule has 5 atom stereocenters. The lowest BCUT2D eigenvalue weighted by molar-refractivity contribution is -0.151. The largest absolute Gasteiger partial charge is 0.481 e. The summed E-state index contributed by atoms with van der Waals surface area (Å²) in [6.07, 6.45) is 1.03. The molecule has 6 nitrogen and oxygen atoms in total. The maximum Gasteiger partial charge on any atom is 0.310 e. The first-order valence-electron chi connectivity index (χ1n) is 9.46. The molecule has 1 N–H and O–H groups in total. The van der Waals surface area contributed by atoms with Crippen molar-refractivity contribution in [3.8, 4) is 0 Å². The molecule has 0 spiro atoms. The van der Waals surface area contributed by atoms with Gasteiger partial charge in [0.1, 0.15) is 0 Å². The number of ether oxygens (including phenoxy) is 1. The summed E-state index contributed by atoms with van der Waals surface area (Å²) in [4.78, 5) is 28.9. The number of piperazine rings is 1. The highest BCUT2D eigenvalue weighted by molar-refractivity contribution is 5.87. The number of carboxylic acid groups (broad SMARTS) is 1. The summed E-state index contributed by atoms with van der Waals surface area (Å²) in [6.45, 7) is 6.19. The van der Waals surface area contributed by atoms with Crippen LogP contribution in [0.1, 0.15) is 25.3 Å². The fourth-order valence-corrected chi connectivity index (χ4v) is 4.79. The molecule has 1 aromatic carbocycles. The Labute approximate surface area is 153 Å². The monoisotopic (exact) mass is 358 g/mol. The molecule has 0 saturated carbocycles. The minimum absolute atomic E-state index is 0.0417. The van der Waals surface area contributed by atoms with Crippen molar-refractivity contribution in [1.82, 2.24) is 4.90 Å². The number of aliphatic carboxylic acids is 1. The topological polar surface area (TPSA) is 70.1 Å². The van der Waals surface area contributed by atoms with E-state index < -0.39 is 17.8 Å². The average molecular weight is 358 g/mol. The highest BCUT2D eigenvalue weighted by Gasteiger charge is 2.56. The third-order valence-electron chi connectivity index (χ3n) is 6.15. The predicted octanol–water partition coefficient (Wildman–Crippen LogP) is 1.91. The number of hydrogen-bond acceptors (Lipinski definition) is 4. The molecule has 140 valence electrons. The Balaban J connectivity index is 1.46. The van der Waals surface area contributed by atoms with Gasteiger partial charge in [0.05, 0.1) is 24.0 Å². The number of carboxylic acids is 1. The van der Waals surface area contributed by atoms with Crippen LogP contribution in [0, 0.1) is 18.8 Å². The van der Waals surface area contributed by atoms with E-state index in [0.717, 1.165) is 19.4 Å². The number of rotatable bonds is 3. The zero-order chi connectivity index (χ0) is 18.4. The predicted molar refractivity (Wildman–Crippen MR) is 97.1 cm³/mol. The number of benzene rings is 1. The standard InChI is InChI=1S/C20H26N2O4/c1-12-3-5-14(6-4-12)22-10-9-21(11-13(22)2)19(23)17-15-7-8-16(26-15)18(17)20(24)25/h3-6,13,15-18H,7-11H2,1-2H3,(H,24,25)/t13-,15+,16+,17+,18-/m0/s1. The van der Waals surface area contributed by atoms with Crippen LogP contribution in [0.5, 0.6) is 0 Å². The van der Waals surface area contributed by atoms with Gasteiger partial charge in [0.15, 0.2) is 0 Å². The lowest BCUT2D eigenvalue weighted by Gasteiger charge is -2.43. The second kappa shape index (κ2) is 6.58. The molecule has 1 aromatic rings. The van der Waals surface area contributed by atoms with Gasteiger partial charge in [0.2, 0.25) is 5.91 Å². The molecule has 3 aliphatic heterocycles. The molecule has 3 saturated heterocycles. The third kappa shape index (κ3) is 2.86. The van der Waals surface area contributed by atoms with E-state index in [2.05, 4.69) is 43.0 Å². The van der Waals surface area contributed by atoms with Crippen LogP contribution in [0.25, 0.3) is 0 Å². The van der Waals surface area contributed by atoms with Gasteiger partial charge in [-0.1, -0.05) is 17.7 Å². The average Bonchev–Trinajstić information content (AvgIpc) is 3.23. The number of carbonyl (C=O) groups excluding carboxylic acids is 1. The van der Waals surface area contributed by atoms with E-state index in [0.29, 0.717) is 13.1 Å². The maximum absolute atomic E-state index is 13.1. The molecule has 0 radical (unpaired) electrons. The van der Waals surface area contributed by atoms with E-state index in [4.69, 9.17) is 4.74 Å². The Bertz CT molecular complexity index is 704. The minimum atomic E-state index is -0.901. The third-order valence-corrected chi connectivity index (χ3v) is 6.15. The Kier molecular flexibility index (Phi) is 4.39. The second-order valence-corrected chi connectivity index (χ2v) is 7.84. The Morgan fingerprint density at radius 3 is 2.35 bits per heavy atom. The highest BCUT2D eigenvalue weighted by atomic mass is 16.5. The normalized spacial score (nSPS) is 33.5. The first-order chi connectivity index (χ1) is 12.5. The van der Waals surface area contributed by atoms with Crippen LogP contribution >= 0.6 is 0 Å². The maximum atomic E-state index is 13.1. The number of fused-ring (bicyclic) bond motifs is 2. The highest BCUT2D eigenvalue weighted by Crippen LogP contribution is 2.44. The fourth-order valence-electron chi connectivity index (χ4n) is 4.79. The van der Waals surface area contributed by atoms with Gasteiger partial charge in [0, 0.05) is 31.4 Å². The van der Waals surface area contributed by atoms with Crippen LogP contribution in [0.15, 0.2) is 24.3 Å². The van der Waals surface area contributed by atoms with E-state index >= 15 is 0 Å². The second-order valence-electron chi connectivity index (χ2n) is 7.84. The lowest BCUT2D eigenvalue weighted by Crippen LogP contribution is -2.56. The summed E-state index contributed by atoms with van der Waals surface area (Å²) >= 11 is 0. The van der Waals surface area contributed by atoms with Crippen molar-refractivity contribution < 1.29 is 19.4 Å². The SMILES string of the molecule is Cc1ccc(N2CCN(C(=O)[C@H]3[C@@H](C(=O)O)[C@H]4CC[C@H]3O4)C[C@@H]2C)cc1. The van der Waals surface area contributed by atoms with Crippen molar-refractivity contribution in [3.05, 3.63) is 29.8 Å². The smallest absolute Gasteiger partial charge is 0.310 e. The first-order valence-corrected chi connectivity index (χ1v) is 9.46. The van der Waals surface area contributed by atoms with Gasteiger partial charge < -0.3 is 19.6 Å². The molecule has 6 heteroatoms. The number of hydrogen-bond donors (Lipinski definition) is 1. The zero-order valence-corrected chi connectivity index (χ0v) is 15.3. The van der Waals surface area contributed by atoms with E-state index in [1.54, 1.807) is 0 Å². The molecule has 2 bridgehead atoms. The van der Waals surface area contributed by atoms with Crippen molar-refractivity contribution >= 4 is 17.6 Å². The molecular formula is C20H26N2O4. The molecule has 1 amide bonds. The van der Waals surface area contributed by atoms with Crippen molar-refractivity contribution in [2.75, 3.05) is 24.5 Å². The Hall–Kier alpha value is -2.08. The molecule has 0 unspecified atom stereocenters. The van der Waals surface area contributed by atoms with Crippen LogP contribution in [0.4, 0.5) is 5.69 Å². The molecular weight excluding hydrogens is 332 g/mol. The van der Waals surface area contributed by atoms with Crippen molar-refractivity contribution in [2.45, 2.75) is 44.9 Å². The van der Waals surface area contributed by atoms with Crippen molar-refractivity contribution in [1.29, 1.82) is 0 Å². The summed E-state index contributed by atoms with van der Waals surface area (Å²) in [6, 6.07) is 8.63.